The minimum absolute atomic E-state index is 0.114. The third kappa shape index (κ3) is 5.03. The van der Waals surface area contributed by atoms with E-state index in [0.717, 1.165) is 5.56 Å². The number of hydrogen-bond donors (Lipinski definition) is 2. The molecular weight excluding hydrogens is 296 g/mol. The van der Waals surface area contributed by atoms with Crippen LogP contribution in [0.25, 0.3) is 0 Å². The van der Waals surface area contributed by atoms with Gasteiger partial charge in [0.05, 0.1) is 13.3 Å². The van der Waals surface area contributed by atoms with Crippen LogP contribution in [0.1, 0.15) is 11.1 Å². The van der Waals surface area contributed by atoms with Crippen LogP contribution in [0.2, 0.25) is 0 Å². The molecule has 0 aliphatic carbocycles. The average molecular weight is 314 g/mol. The number of oxime groups is 1. The van der Waals surface area contributed by atoms with Gasteiger partial charge in [-0.3, -0.25) is 4.79 Å². The first-order valence-electron chi connectivity index (χ1n) is 7.02. The molecule has 0 aromatic heterocycles. The molecule has 0 radical (unpaired) electrons. The number of ether oxygens (including phenoxy) is 2. The van der Waals surface area contributed by atoms with Crippen molar-refractivity contribution in [1.82, 2.24) is 5.32 Å². The predicted octanol–water partition coefficient (Wildman–Crippen LogP) is 2.20. The van der Waals surface area contributed by atoms with Gasteiger partial charge in [-0.2, -0.15) is 0 Å². The standard InChI is InChI=1S/C17H18N2O4/c1-22-16-9-14(11-19-21)7-8-15(16)23-12-17(20)18-10-13-5-3-2-4-6-13/h2-9,11,21H,10,12H2,1H3,(H,18,20)/b19-11+. The highest BCUT2D eigenvalue weighted by Gasteiger charge is 2.08. The number of carbonyl (C=O) groups is 1. The molecule has 2 aromatic carbocycles. The van der Waals surface area contributed by atoms with Gasteiger partial charge in [-0.15, -0.1) is 0 Å². The molecule has 0 heterocycles. The van der Waals surface area contributed by atoms with Crippen molar-refractivity contribution >= 4 is 12.1 Å². The van der Waals surface area contributed by atoms with E-state index in [-0.39, 0.29) is 12.5 Å². The van der Waals surface area contributed by atoms with Gasteiger partial charge < -0.3 is 20.0 Å². The van der Waals surface area contributed by atoms with Crippen LogP contribution in [0.4, 0.5) is 0 Å². The second-order valence-electron chi connectivity index (χ2n) is 4.71. The SMILES string of the molecule is COc1cc(/C=N/O)ccc1OCC(=O)NCc1ccccc1. The summed E-state index contributed by atoms with van der Waals surface area (Å²) in [5, 5.41) is 14.3. The van der Waals surface area contributed by atoms with Gasteiger partial charge in [0, 0.05) is 12.1 Å². The maximum absolute atomic E-state index is 11.8. The molecule has 120 valence electrons. The fraction of sp³-hybridized carbons (Fsp3) is 0.176. The molecule has 0 unspecified atom stereocenters. The number of hydrogen-bond acceptors (Lipinski definition) is 5. The second kappa shape index (κ2) is 8.43. The van der Waals surface area contributed by atoms with Gasteiger partial charge in [-0.25, -0.2) is 0 Å². The van der Waals surface area contributed by atoms with Crippen LogP contribution >= 0.6 is 0 Å². The Labute approximate surface area is 134 Å². The average Bonchev–Trinajstić information content (AvgIpc) is 2.59. The van der Waals surface area contributed by atoms with E-state index in [1.54, 1.807) is 18.2 Å². The van der Waals surface area contributed by atoms with Crippen LogP contribution in [0.15, 0.2) is 53.7 Å². The Kier molecular flexibility index (Phi) is 5.99. The van der Waals surface area contributed by atoms with Crippen LogP contribution in [-0.4, -0.2) is 31.0 Å². The van der Waals surface area contributed by atoms with Crippen molar-refractivity contribution < 1.29 is 19.5 Å². The van der Waals surface area contributed by atoms with Gasteiger partial charge in [0.1, 0.15) is 0 Å². The summed E-state index contributed by atoms with van der Waals surface area (Å²) in [5.41, 5.74) is 1.68. The van der Waals surface area contributed by atoms with E-state index in [0.29, 0.717) is 23.6 Å². The molecule has 0 aliphatic rings. The summed E-state index contributed by atoms with van der Waals surface area (Å²) >= 11 is 0. The molecule has 0 saturated heterocycles. The first kappa shape index (κ1) is 16.4. The maximum atomic E-state index is 11.8. The molecule has 0 fully saturated rings. The van der Waals surface area contributed by atoms with E-state index < -0.39 is 0 Å². The molecule has 0 bridgehead atoms. The first-order valence-corrected chi connectivity index (χ1v) is 7.02. The van der Waals surface area contributed by atoms with Crippen molar-refractivity contribution in [2.45, 2.75) is 6.54 Å². The summed E-state index contributed by atoms with van der Waals surface area (Å²) < 4.78 is 10.7. The third-order valence-corrected chi connectivity index (χ3v) is 3.09. The Morgan fingerprint density at radius 2 is 2.00 bits per heavy atom. The molecule has 2 aromatic rings. The quantitative estimate of drug-likeness (QED) is 0.466. The van der Waals surface area contributed by atoms with Crippen LogP contribution < -0.4 is 14.8 Å². The minimum atomic E-state index is -0.225. The third-order valence-electron chi connectivity index (χ3n) is 3.09. The predicted molar refractivity (Wildman–Crippen MR) is 86.2 cm³/mol. The Morgan fingerprint density at radius 1 is 1.22 bits per heavy atom. The van der Waals surface area contributed by atoms with E-state index in [1.165, 1.54) is 13.3 Å². The van der Waals surface area contributed by atoms with Gasteiger partial charge in [-0.05, 0) is 23.8 Å². The van der Waals surface area contributed by atoms with Gasteiger partial charge in [-0.1, -0.05) is 35.5 Å². The summed E-state index contributed by atoms with van der Waals surface area (Å²) in [6.07, 6.45) is 1.28. The molecule has 1 amide bonds. The fourth-order valence-electron chi connectivity index (χ4n) is 1.94. The van der Waals surface area contributed by atoms with Gasteiger partial charge in [0.2, 0.25) is 0 Å². The number of methoxy groups -OCH3 is 1. The number of benzene rings is 2. The molecule has 23 heavy (non-hydrogen) atoms. The van der Waals surface area contributed by atoms with E-state index in [9.17, 15) is 4.79 Å². The fourth-order valence-corrected chi connectivity index (χ4v) is 1.94. The van der Waals surface area contributed by atoms with E-state index in [1.807, 2.05) is 30.3 Å². The zero-order valence-corrected chi connectivity index (χ0v) is 12.7. The van der Waals surface area contributed by atoms with E-state index in [2.05, 4.69) is 10.5 Å². The molecule has 2 N–H and O–H groups in total. The number of nitrogens with zero attached hydrogens (tertiary/aromatic N) is 1. The Morgan fingerprint density at radius 3 is 2.70 bits per heavy atom. The number of amides is 1. The minimum Gasteiger partial charge on any atom is -0.493 e. The van der Waals surface area contributed by atoms with Crippen LogP contribution in [-0.2, 0) is 11.3 Å². The van der Waals surface area contributed by atoms with Gasteiger partial charge >= 0.3 is 0 Å². The highest BCUT2D eigenvalue weighted by atomic mass is 16.5. The van der Waals surface area contributed by atoms with Gasteiger partial charge in [0.15, 0.2) is 18.1 Å². The lowest BCUT2D eigenvalue weighted by molar-refractivity contribution is -0.123. The summed E-state index contributed by atoms with van der Waals surface area (Å²) in [7, 11) is 1.50. The molecule has 0 atom stereocenters. The molecule has 6 nitrogen and oxygen atoms in total. The Balaban J connectivity index is 1.88. The van der Waals surface area contributed by atoms with E-state index in [4.69, 9.17) is 14.7 Å². The lowest BCUT2D eigenvalue weighted by atomic mass is 10.2. The lowest BCUT2D eigenvalue weighted by Gasteiger charge is -2.11. The monoisotopic (exact) mass is 314 g/mol. The highest BCUT2D eigenvalue weighted by molar-refractivity contribution is 5.80. The second-order valence-corrected chi connectivity index (χ2v) is 4.71. The highest BCUT2D eigenvalue weighted by Crippen LogP contribution is 2.27. The van der Waals surface area contributed by atoms with Crippen molar-refractivity contribution in [3.8, 4) is 11.5 Å². The normalized spacial score (nSPS) is 10.5. The van der Waals surface area contributed by atoms with Gasteiger partial charge in [0.25, 0.3) is 5.91 Å². The van der Waals surface area contributed by atoms with Crippen molar-refractivity contribution in [2.24, 2.45) is 5.16 Å². The number of carbonyl (C=O) groups excluding carboxylic acids is 1. The first-order chi connectivity index (χ1) is 11.2. The molecule has 2 rings (SSSR count). The van der Waals surface area contributed by atoms with Crippen molar-refractivity contribution in [1.29, 1.82) is 0 Å². The summed E-state index contributed by atoms with van der Waals surface area (Å²) in [6, 6.07) is 14.6. The Bertz CT molecular complexity index is 672. The zero-order valence-electron chi connectivity index (χ0n) is 12.7. The van der Waals surface area contributed by atoms with Crippen molar-refractivity contribution in [3.63, 3.8) is 0 Å². The van der Waals surface area contributed by atoms with Crippen molar-refractivity contribution in [3.05, 3.63) is 59.7 Å². The Hall–Kier alpha value is -3.02. The topological polar surface area (TPSA) is 80.2 Å². The largest absolute Gasteiger partial charge is 0.493 e. The molecule has 0 aliphatic heterocycles. The summed E-state index contributed by atoms with van der Waals surface area (Å²) in [6.45, 7) is 0.336. The molecule has 0 saturated carbocycles. The molecule has 0 spiro atoms. The maximum Gasteiger partial charge on any atom is 0.258 e. The number of rotatable bonds is 7. The zero-order chi connectivity index (χ0) is 16.5. The van der Waals surface area contributed by atoms with Crippen LogP contribution in [0, 0.1) is 0 Å². The van der Waals surface area contributed by atoms with Crippen LogP contribution in [0.3, 0.4) is 0 Å². The van der Waals surface area contributed by atoms with Crippen molar-refractivity contribution in [2.75, 3.05) is 13.7 Å². The molecular formula is C17H18N2O4. The number of nitrogens with one attached hydrogen (secondary N) is 1. The van der Waals surface area contributed by atoms with E-state index >= 15 is 0 Å². The summed E-state index contributed by atoms with van der Waals surface area (Å²) in [4.78, 5) is 11.8. The lowest BCUT2D eigenvalue weighted by Crippen LogP contribution is -2.28. The summed E-state index contributed by atoms with van der Waals surface area (Å²) in [5.74, 6) is 0.674. The smallest absolute Gasteiger partial charge is 0.258 e. The molecule has 6 heteroatoms. The van der Waals surface area contributed by atoms with Crippen LogP contribution in [0.5, 0.6) is 11.5 Å².